The van der Waals surface area contributed by atoms with E-state index in [0.717, 1.165) is 61.0 Å². The van der Waals surface area contributed by atoms with Crippen LogP contribution < -0.4 is 5.32 Å². The van der Waals surface area contributed by atoms with Crippen LogP contribution in [0, 0.1) is 18.3 Å². The predicted octanol–water partition coefficient (Wildman–Crippen LogP) is 7.78. The maximum Gasteiger partial charge on any atom is 0.102 e. The van der Waals surface area contributed by atoms with Crippen LogP contribution in [0.1, 0.15) is 16.7 Å². The Morgan fingerprint density at radius 1 is 0.735 bits per heavy atom. The highest BCUT2D eigenvalue weighted by Gasteiger charge is 2.28. The lowest BCUT2D eigenvalue weighted by molar-refractivity contribution is 1.44. The Bertz CT molecular complexity index is 1680. The third kappa shape index (κ3) is 3.25. The number of nitriles is 1. The number of hydrogen-bond donors (Lipinski definition) is 1. The van der Waals surface area contributed by atoms with Gasteiger partial charge in [-0.15, -0.1) is 0 Å². The number of anilines is 1. The van der Waals surface area contributed by atoms with Gasteiger partial charge in [-0.25, -0.2) is 4.99 Å². The van der Waals surface area contributed by atoms with E-state index in [-0.39, 0.29) is 0 Å². The molecule has 1 heterocycles. The SMILES string of the molecule is Cc1ccc(/C(C#N)=C2\Nc3c(ccc4ccccc34)C2=Nc2cccc3ccccc23)cc1. The molecule has 1 aliphatic heterocycles. The van der Waals surface area contributed by atoms with Gasteiger partial charge in [-0.3, -0.25) is 0 Å². The summed E-state index contributed by atoms with van der Waals surface area (Å²) in [5.74, 6) is 0. The Kier molecular flexibility index (Phi) is 4.71. The standard InChI is InChI=1S/C31H21N3/c1-20-13-15-23(16-14-20)27(19-32)31-30(33-28-12-6-9-21-7-2-4-10-24(21)28)26-18-17-22-8-3-5-11-25(22)29(26)34-31/h2-18,34H,1H3/b31-27-,33-30?. The molecule has 3 heteroatoms. The fraction of sp³-hybridized carbons (Fsp3) is 0.0323. The lowest BCUT2D eigenvalue weighted by Crippen LogP contribution is -2.06. The number of benzene rings is 5. The summed E-state index contributed by atoms with van der Waals surface area (Å²) in [6.45, 7) is 2.05. The van der Waals surface area contributed by atoms with Crippen LogP contribution in [-0.2, 0) is 0 Å². The van der Waals surface area contributed by atoms with Crippen molar-refractivity contribution >= 4 is 44.2 Å². The lowest BCUT2D eigenvalue weighted by Gasteiger charge is -2.09. The summed E-state index contributed by atoms with van der Waals surface area (Å²) in [6.07, 6.45) is 0. The quantitative estimate of drug-likeness (QED) is 0.288. The number of nitrogens with zero attached hydrogens (tertiary/aromatic N) is 2. The van der Waals surface area contributed by atoms with Gasteiger partial charge in [0.2, 0.25) is 0 Å². The van der Waals surface area contributed by atoms with Crippen LogP contribution >= 0.6 is 0 Å². The van der Waals surface area contributed by atoms with Crippen molar-refractivity contribution in [3.63, 3.8) is 0 Å². The van der Waals surface area contributed by atoms with E-state index in [1.165, 1.54) is 0 Å². The molecule has 0 saturated carbocycles. The number of rotatable bonds is 2. The minimum atomic E-state index is 0.583. The highest BCUT2D eigenvalue weighted by Crippen LogP contribution is 2.40. The average Bonchev–Trinajstić information content (AvgIpc) is 3.24. The van der Waals surface area contributed by atoms with Crippen molar-refractivity contribution in [2.75, 3.05) is 5.32 Å². The van der Waals surface area contributed by atoms with E-state index in [2.05, 4.69) is 53.9 Å². The molecule has 0 spiro atoms. The minimum absolute atomic E-state index is 0.583. The first kappa shape index (κ1) is 20.0. The third-order valence-corrected chi connectivity index (χ3v) is 6.37. The second-order valence-electron chi connectivity index (χ2n) is 8.52. The Labute approximate surface area is 198 Å². The molecule has 0 atom stereocenters. The van der Waals surface area contributed by atoms with Gasteiger partial charge < -0.3 is 5.32 Å². The monoisotopic (exact) mass is 435 g/mol. The summed E-state index contributed by atoms with van der Waals surface area (Å²) in [4.78, 5) is 5.17. The van der Waals surface area contributed by atoms with E-state index in [1.807, 2.05) is 67.6 Å². The van der Waals surface area contributed by atoms with E-state index >= 15 is 0 Å². The van der Waals surface area contributed by atoms with Gasteiger partial charge in [-0.05, 0) is 35.4 Å². The smallest absolute Gasteiger partial charge is 0.102 e. The first-order valence-electron chi connectivity index (χ1n) is 11.3. The summed E-state index contributed by atoms with van der Waals surface area (Å²) in [5, 5.41) is 18.3. The van der Waals surface area contributed by atoms with Crippen LogP contribution in [0.15, 0.2) is 114 Å². The fourth-order valence-corrected chi connectivity index (χ4v) is 4.63. The average molecular weight is 436 g/mol. The highest BCUT2D eigenvalue weighted by atomic mass is 15.0. The van der Waals surface area contributed by atoms with Crippen molar-refractivity contribution in [2.24, 2.45) is 4.99 Å². The zero-order valence-electron chi connectivity index (χ0n) is 18.7. The highest BCUT2D eigenvalue weighted by molar-refractivity contribution is 6.29. The molecule has 160 valence electrons. The molecule has 0 aliphatic carbocycles. The van der Waals surface area contributed by atoms with Crippen LogP contribution in [0.5, 0.6) is 0 Å². The Morgan fingerprint density at radius 2 is 1.41 bits per heavy atom. The molecule has 5 aromatic rings. The normalized spacial score (nSPS) is 15.2. The Morgan fingerprint density at radius 3 is 2.18 bits per heavy atom. The fourth-order valence-electron chi connectivity index (χ4n) is 4.63. The number of nitrogens with one attached hydrogen (secondary N) is 1. The third-order valence-electron chi connectivity index (χ3n) is 6.37. The molecule has 0 amide bonds. The molecule has 0 saturated heterocycles. The van der Waals surface area contributed by atoms with E-state index in [9.17, 15) is 5.26 Å². The number of aryl methyl sites for hydroxylation is 1. The minimum Gasteiger partial charge on any atom is -0.352 e. The molecule has 0 unspecified atom stereocenters. The zero-order valence-corrected chi connectivity index (χ0v) is 18.7. The van der Waals surface area contributed by atoms with E-state index in [0.29, 0.717) is 5.57 Å². The van der Waals surface area contributed by atoms with Crippen LogP contribution in [0.3, 0.4) is 0 Å². The van der Waals surface area contributed by atoms with Crippen LogP contribution in [0.4, 0.5) is 11.4 Å². The van der Waals surface area contributed by atoms with Gasteiger partial charge in [0, 0.05) is 16.3 Å². The molecular weight excluding hydrogens is 414 g/mol. The topological polar surface area (TPSA) is 48.2 Å². The number of fused-ring (bicyclic) bond motifs is 4. The predicted molar refractivity (Wildman–Crippen MR) is 141 cm³/mol. The van der Waals surface area contributed by atoms with Gasteiger partial charge in [0.1, 0.15) is 6.07 Å². The van der Waals surface area contributed by atoms with Gasteiger partial charge in [0.15, 0.2) is 0 Å². The first-order chi connectivity index (χ1) is 16.7. The van der Waals surface area contributed by atoms with Crippen molar-refractivity contribution in [1.82, 2.24) is 0 Å². The largest absolute Gasteiger partial charge is 0.352 e. The van der Waals surface area contributed by atoms with Crippen LogP contribution in [-0.4, -0.2) is 5.71 Å². The van der Waals surface area contributed by atoms with Crippen molar-refractivity contribution in [3.8, 4) is 6.07 Å². The van der Waals surface area contributed by atoms with Gasteiger partial charge in [-0.1, -0.05) is 96.6 Å². The maximum absolute atomic E-state index is 10.3. The van der Waals surface area contributed by atoms with Gasteiger partial charge >= 0.3 is 0 Å². The van der Waals surface area contributed by atoms with E-state index < -0.39 is 0 Å². The van der Waals surface area contributed by atoms with E-state index in [4.69, 9.17) is 4.99 Å². The second kappa shape index (κ2) is 8.03. The molecule has 1 aliphatic rings. The molecular formula is C31H21N3. The lowest BCUT2D eigenvalue weighted by atomic mass is 9.99. The summed E-state index contributed by atoms with van der Waals surface area (Å²) in [6, 6.07) is 37.4. The summed E-state index contributed by atoms with van der Waals surface area (Å²) in [7, 11) is 0. The molecule has 3 nitrogen and oxygen atoms in total. The van der Waals surface area contributed by atoms with E-state index in [1.54, 1.807) is 0 Å². The zero-order chi connectivity index (χ0) is 23.1. The summed E-state index contributed by atoms with van der Waals surface area (Å²) < 4.78 is 0. The van der Waals surface area contributed by atoms with Gasteiger partial charge in [-0.2, -0.15) is 5.26 Å². The molecule has 1 N–H and O–H groups in total. The van der Waals surface area contributed by atoms with Gasteiger partial charge in [0.25, 0.3) is 0 Å². The Balaban J connectivity index is 1.66. The number of hydrogen-bond acceptors (Lipinski definition) is 3. The Hall–Kier alpha value is -4.68. The molecule has 0 radical (unpaired) electrons. The molecule has 5 aromatic carbocycles. The van der Waals surface area contributed by atoms with Crippen LogP contribution in [0.25, 0.3) is 27.1 Å². The molecule has 0 aromatic heterocycles. The maximum atomic E-state index is 10.3. The van der Waals surface area contributed by atoms with Crippen LogP contribution in [0.2, 0.25) is 0 Å². The molecule has 34 heavy (non-hydrogen) atoms. The van der Waals surface area contributed by atoms with Crippen molar-refractivity contribution < 1.29 is 0 Å². The van der Waals surface area contributed by atoms with Gasteiger partial charge in [0.05, 0.1) is 28.4 Å². The van der Waals surface area contributed by atoms with Crippen molar-refractivity contribution in [3.05, 3.63) is 126 Å². The van der Waals surface area contributed by atoms with Crippen molar-refractivity contribution in [1.29, 1.82) is 5.26 Å². The second-order valence-corrected chi connectivity index (χ2v) is 8.52. The molecule has 6 rings (SSSR count). The number of aliphatic imine (C=N–C) groups is 1. The first-order valence-corrected chi connectivity index (χ1v) is 11.3. The van der Waals surface area contributed by atoms with Crippen molar-refractivity contribution in [2.45, 2.75) is 6.92 Å². The summed E-state index contributed by atoms with van der Waals surface area (Å²) in [5.41, 5.74) is 7.02. The number of allylic oxidation sites excluding steroid dienone is 2. The molecule has 0 bridgehead atoms. The molecule has 0 fully saturated rings. The summed E-state index contributed by atoms with van der Waals surface area (Å²) >= 11 is 0.